The van der Waals surface area contributed by atoms with Crippen molar-refractivity contribution in [2.75, 3.05) is 13.2 Å². The molecular formula is C14H16O3. The highest BCUT2D eigenvalue weighted by Gasteiger charge is 2.37. The number of aryl methyl sites for hydroxylation is 1. The van der Waals surface area contributed by atoms with Crippen molar-refractivity contribution in [3.63, 3.8) is 0 Å². The van der Waals surface area contributed by atoms with E-state index in [0.717, 1.165) is 12.0 Å². The van der Waals surface area contributed by atoms with Gasteiger partial charge in [0.15, 0.2) is 0 Å². The second kappa shape index (κ2) is 4.72. The Bertz CT molecular complexity index is 427. The first-order valence-corrected chi connectivity index (χ1v) is 5.75. The van der Waals surface area contributed by atoms with Crippen LogP contribution < -0.4 is 0 Å². The van der Waals surface area contributed by atoms with Gasteiger partial charge in [0.1, 0.15) is 0 Å². The van der Waals surface area contributed by atoms with Crippen LogP contribution in [0, 0.1) is 0 Å². The SMILES string of the molecule is CCc1ccc(C2(/C=C/C(=O)O)COC2)cc1. The van der Waals surface area contributed by atoms with Crippen molar-refractivity contribution < 1.29 is 14.6 Å². The van der Waals surface area contributed by atoms with Gasteiger partial charge in [-0.15, -0.1) is 0 Å². The van der Waals surface area contributed by atoms with Gasteiger partial charge < -0.3 is 9.84 Å². The first-order valence-electron chi connectivity index (χ1n) is 5.75. The summed E-state index contributed by atoms with van der Waals surface area (Å²) in [5.74, 6) is -0.915. The van der Waals surface area contributed by atoms with Crippen molar-refractivity contribution >= 4 is 5.97 Å². The first-order chi connectivity index (χ1) is 8.16. The van der Waals surface area contributed by atoms with E-state index in [1.54, 1.807) is 6.08 Å². The van der Waals surface area contributed by atoms with Gasteiger partial charge >= 0.3 is 5.97 Å². The topological polar surface area (TPSA) is 46.5 Å². The normalized spacial score (nSPS) is 17.9. The van der Waals surface area contributed by atoms with E-state index in [1.165, 1.54) is 11.6 Å². The number of rotatable bonds is 4. The Hall–Kier alpha value is -1.61. The maximum absolute atomic E-state index is 10.6. The highest BCUT2D eigenvalue weighted by molar-refractivity contribution is 5.80. The number of carboxylic acid groups (broad SMARTS) is 1. The lowest BCUT2D eigenvalue weighted by atomic mass is 9.78. The fourth-order valence-corrected chi connectivity index (χ4v) is 1.98. The van der Waals surface area contributed by atoms with Crippen LogP contribution in [0.5, 0.6) is 0 Å². The van der Waals surface area contributed by atoms with Crippen molar-refractivity contribution in [1.82, 2.24) is 0 Å². The molecule has 2 rings (SSSR count). The molecule has 0 spiro atoms. The fourth-order valence-electron chi connectivity index (χ4n) is 1.98. The summed E-state index contributed by atoms with van der Waals surface area (Å²) in [4.78, 5) is 10.6. The second-order valence-electron chi connectivity index (χ2n) is 4.37. The molecule has 0 saturated carbocycles. The molecule has 0 aliphatic carbocycles. The number of carbonyl (C=O) groups is 1. The van der Waals surface area contributed by atoms with Gasteiger partial charge in [0.2, 0.25) is 0 Å². The van der Waals surface area contributed by atoms with E-state index in [1.807, 2.05) is 0 Å². The van der Waals surface area contributed by atoms with E-state index < -0.39 is 5.97 Å². The maximum Gasteiger partial charge on any atom is 0.328 e. The Morgan fingerprint density at radius 2 is 2.06 bits per heavy atom. The summed E-state index contributed by atoms with van der Waals surface area (Å²) in [6.07, 6.45) is 3.95. The number of carboxylic acids is 1. The van der Waals surface area contributed by atoms with Gasteiger partial charge in [0, 0.05) is 6.08 Å². The molecule has 1 N–H and O–H groups in total. The molecule has 90 valence electrons. The van der Waals surface area contributed by atoms with Crippen LogP contribution in [0.25, 0.3) is 0 Å². The number of aliphatic carboxylic acids is 1. The molecule has 1 fully saturated rings. The molecule has 1 aliphatic rings. The molecule has 0 unspecified atom stereocenters. The van der Waals surface area contributed by atoms with E-state index >= 15 is 0 Å². The van der Waals surface area contributed by atoms with E-state index in [-0.39, 0.29) is 5.41 Å². The molecule has 1 saturated heterocycles. The molecular weight excluding hydrogens is 216 g/mol. The quantitative estimate of drug-likeness (QED) is 0.809. The Kier molecular flexibility index (Phi) is 3.29. The molecule has 1 aromatic rings. The average Bonchev–Trinajstić information content (AvgIpc) is 2.28. The lowest BCUT2D eigenvalue weighted by molar-refractivity contribution is -0.131. The summed E-state index contributed by atoms with van der Waals surface area (Å²) in [5.41, 5.74) is 2.16. The maximum atomic E-state index is 10.6. The zero-order chi connectivity index (χ0) is 12.3. The second-order valence-corrected chi connectivity index (χ2v) is 4.37. The summed E-state index contributed by atoms with van der Waals surface area (Å²) < 4.78 is 5.24. The van der Waals surface area contributed by atoms with Crippen LogP contribution in [0.4, 0.5) is 0 Å². The van der Waals surface area contributed by atoms with Gasteiger partial charge in [-0.05, 0) is 17.5 Å². The summed E-state index contributed by atoms with van der Waals surface area (Å²) in [7, 11) is 0. The van der Waals surface area contributed by atoms with Gasteiger partial charge in [0.25, 0.3) is 0 Å². The zero-order valence-corrected chi connectivity index (χ0v) is 9.85. The lowest BCUT2D eigenvalue weighted by Crippen LogP contribution is -2.45. The number of hydrogen-bond donors (Lipinski definition) is 1. The molecule has 3 heteroatoms. The third-order valence-corrected chi connectivity index (χ3v) is 3.20. The molecule has 1 aliphatic heterocycles. The molecule has 0 bridgehead atoms. The number of hydrogen-bond acceptors (Lipinski definition) is 2. The van der Waals surface area contributed by atoms with E-state index in [4.69, 9.17) is 9.84 Å². The van der Waals surface area contributed by atoms with Gasteiger partial charge in [-0.1, -0.05) is 37.3 Å². The highest BCUT2D eigenvalue weighted by Crippen LogP contribution is 2.34. The molecule has 0 atom stereocenters. The molecule has 0 radical (unpaired) electrons. The van der Waals surface area contributed by atoms with Gasteiger partial charge in [0.05, 0.1) is 18.6 Å². The molecule has 1 aromatic carbocycles. The lowest BCUT2D eigenvalue weighted by Gasteiger charge is -2.39. The van der Waals surface area contributed by atoms with Crippen LogP contribution in [0.3, 0.4) is 0 Å². The Morgan fingerprint density at radius 3 is 2.47 bits per heavy atom. The standard InChI is InChI=1S/C14H16O3/c1-2-11-3-5-12(6-4-11)14(9-17-10-14)8-7-13(15)16/h3-8H,2,9-10H2,1H3,(H,15,16)/b8-7+. The van der Waals surface area contributed by atoms with Crippen LogP contribution in [-0.4, -0.2) is 24.3 Å². The third-order valence-electron chi connectivity index (χ3n) is 3.20. The minimum Gasteiger partial charge on any atom is -0.478 e. The van der Waals surface area contributed by atoms with Gasteiger partial charge in [-0.25, -0.2) is 4.79 Å². The summed E-state index contributed by atoms with van der Waals surface area (Å²) >= 11 is 0. The van der Waals surface area contributed by atoms with Crippen LogP contribution in [0.2, 0.25) is 0 Å². The largest absolute Gasteiger partial charge is 0.478 e. The number of ether oxygens (including phenoxy) is 1. The fraction of sp³-hybridized carbons (Fsp3) is 0.357. The molecule has 0 amide bonds. The van der Waals surface area contributed by atoms with Gasteiger partial charge in [-0.2, -0.15) is 0 Å². The highest BCUT2D eigenvalue weighted by atomic mass is 16.5. The van der Waals surface area contributed by atoms with Crippen molar-refractivity contribution in [1.29, 1.82) is 0 Å². The van der Waals surface area contributed by atoms with Crippen LogP contribution in [0.1, 0.15) is 18.1 Å². The smallest absolute Gasteiger partial charge is 0.328 e. The van der Waals surface area contributed by atoms with Crippen molar-refractivity contribution in [3.8, 4) is 0 Å². The Labute approximate surface area is 101 Å². The number of benzene rings is 1. The van der Waals surface area contributed by atoms with E-state index in [0.29, 0.717) is 13.2 Å². The van der Waals surface area contributed by atoms with Gasteiger partial charge in [-0.3, -0.25) is 0 Å². The minimum atomic E-state index is -0.915. The summed E-state index contributed by atoms with van der Waals surface area (Å²) in [6.45, 7) is 3.23. The first kappa shape index (κ1) is 11.9. The average molecular weight is 232 g/mol. The monoisotopic (exact) mass is 232 g/mol. The van der Waals surface area contributed by atoms with Crippen LogP contribution in [0.15, 0.2) is 36.4 Å². The predicted octanol–water partition coefficient (Wildman–Crippen LogP) is 2.16. The third kappa shape index (κ3) is 2.39. The van der Waals surface area contributed by atoms with Crippen molar-refractivity contribution in [2.45, 2.75) is 18.8 Å². The Balaban J connectivity index is 2.25. The van der Waals surface area contributed by atoms with E-state index in [2.05, 4.69) is 31.2 Å². The minimum absolute atomic E-state index is 0.245. The zero-order valence-electron chi connectivity index (χ0n) is 9.85. The summed E-state index contributed by atoms with van der Waals surface area (Å²) in [5, 5.41) is 8.70. The van der Waals surface area contributed by atoms with Crippen LogP contribution >= 0.6 is 0 Å². The Morgan fingerprint density at radius 1 is 1.41 bits per heavy atom. The predicted molar refractivity (Wildman–Crippen MR) is 65.1 cm³/mol. The van der Waals surface area contributed by atoms with Crippen LogP contribution in [-0.2, 0) is 21.4 Å². The summed E-state index contributed by atoms with van der Waals surface area (Å²) in [6, 6.07) is 8.30. The molecule has 0 aromatic heterocycles. The van der Waals surface area contributed by atoms with Crippen molar-refractivity contribution in [3.05, 3.63) is 47.5 Å². The molecule has 3 nitrogen and oxygen atoms in total. The van der Waals surface area contributed by atoms with Crippen molar-refractivity contribution in [2.24, 2.45) is 0 Å². The van der Waals surface area contributed by atoms with E-state index in [9.17, 15) is 4.79 Å². The molecule has 1 heterocycles. The molecule has 17 heavy (non-hydrogen) atoms.